The minimum absolute atomic E-state index is 0.178. The Kier molecular flexibility index (Phi) is 6.37. The quantitative estimate of drug-likeness (QED) is 0.394. The van der Waals surface area contributed by atoms with E-state index in [1.165, 1.54) is 6.42 Å². The summed E-state index contributed by atoms with van der Waals surface area (Å²) in [5.74, 6) is 1.46. The molecule has 2 aromatic carbocycles. The summed E-state index contributed by atoms with van der Waals surface area (Å²) in [5.41, 5.74) is 2.96. The number of aryl methyl sites for hydroxylation is 1. The van der Waals surface area contributed by atoms with Crippen molar-refractivity contribution in [1.82, 2.24) is 19.7 Å². The zero-order valence-corrected chi connectivity index (χ0v) is 20.2. The predicted octanol–water partition coefficient (Wildman–Crippen LogP) is 4.51. The van der Waals surface area contributed by atoms with Gasteiger partial charge < -0.3 is 10.2 Å². The van der Waals surface area contributed by atoms with Gasteiger partial charge in [0.25, 0.3) is 10.0 Å². The number of anilines is 4. The molecular weight excluding hydrogens is 462 g/mol. The lowest BCUT2D eigenvalue weighted by Gasteiger charge is -2.27. The van der Waals surface area contributed by atoms with Crippen LogP contribution in [0.5, 0.6) is 0 Å². The molecule has 1 aliphatic heterocycles. The number of hydrogen-bond acceptors (Lipinski definition) is 7. The normalized spacial score (nSPS) is 14.0. The average molecular weight is 490 g/mol. The molecule has 1 aliphatic rings. The van der Waals surface area contributed by atoms with Gasteiger partial charge in [-0.3, -0.25) is 4.72 Å². The Morgan fingerprint density at radius 1 is 0.886 bits per heavy atom. The Labute approximate surface area is 204 Å². The largest absolute Gasteiger partial charge is 0.341 e. The van der Waals surface area contributed by atoms with Crippen LogP contribution in [0.3, 0.4) is 0 Å². The Morgan fingerprint density at radius 3 is 2.29 bits per heavy atom. The molecule has 1 fully saturated rings. The molecule has 10 heteroatoms. The van der Waals surface area contributed by atoms with Gasteiger partial charge in [-0.05, 0) is 80.8 Å². The zero-order valence-electron chi connectivity index (χ0n) is 19.4. The third-order valence-electron chi connectivity index (χ3n) is 5.81. The van der Waals surface area contributed by atoms with Crippen molar-refractivity contribution < 1.29 is 8.42 Å². The predicted molar refractivity (Wildman–Crippen MR) is 137 cm³/mol. The van der Waals surface area contributed by atoms with Crippen molar-refractivity contribution in [2.45, 2.75) is 31.1 Å². The van der Waals surface area contributed by atoms with Gasteiger partial charge in [-0.25, -0.2) is 18.1 Å². The molecule has 0 spiro atoms. The lowest BCUT2D eigenvalue weighted by atomic mass is 10.1. The standard InChI is InChI=1S/C25H27N7O2S/c1-19-18-24(29-25(27-19)31-15-3-2-4-16-31)28-20-6-8-21(9-7-20)30-35(33,34)23-12-10-22(11-13-23)32-17-5-14-26-32/h5-14,17-18,30H,2-4,15-16H2,1H3,(H,27,28,29). The Bertz CT molecular complexity index is 1380. The first kappa shape index (κ1) is 22.9. The topological polar surface area (TPSA) is 105 Å². The van der Waals surface area contributed by atoms with Crippen molar-refractivity contribution in [3.8, 4) is 5.69 Å². The minimum atomic E-state index is -3.72. The highest BCUT2D eigenvalue weighted by atomic mass is 32.2. The van der Waals surface area contributed by atoms with E-state index in [1.807, 2.05) is 31.2 Å². The third-order valence-corrected chi connectivity index (χ3v) is 7.20. The van der Waals surface area contributed by atoms with Crippen LogP contribution in [0.1, 0.15) is 25.0 Å². The highest BCUT2D eigenvalue weighted by molar-refractivity contribution is 7.92. The van der Waals surface area contributed by atoms with Crippen LogP contribution in [0.4, 0.5) is 23.1 Å². The fraction of sp³-hybridized carbons (Fsp3) is 0.240. The van der Waals surface area contributed by atoms with E-state index in [0.29, 0.717) is 11.5 Å². The molecule has 2 N–H and O–H groups in total. The highest BCUT2D eigenvalue weighted by Crippen LogP contribution is 2.23. The molecule has 0 radical (unpaired) electrons. The van der Waals surface area contributed by atoms with Gasteiger partial charge in [0.05, 0.1) is 10.6 Å². The molecule has 5 rings (SSSR count). The molecular formula is C25H27N7O2S. The molecule has 2 aromatic heterocycles. The first-order valence-corrected chi connectivity index (χ1v) is 13.1. The maximum atomic E-state index is 12.8. The molecule has 0 aliphatic carbocycles. The molecule has 35 heavy (non-hydrogen) atoms. The van der Waals surface area contributed by atoms with Gasteiger partial charge in [-0.1, -0.05) is 0 Å². The fourth-order valence-corrected chi connectivity index (χ4v) is 5.09. The summed E-state index contributed by atoms with van der Waals surface area (Å²) >= 11 is 0. The fourth-order valence-electron chi connectivity index (χ4n) is 4.04. The molecule has 0 bridgehead atoms. The monoisotopic (exact) mass is 489 g/mol. The van der Waals surface area contributed by atoms with Crippen molar-refractivity contribution in [2.24, 2.45) is 0 Å². The van der Waals surface area contributed by atoms with Gasteiger partial charge in [0.1, 0.15) is 5.82 Å². The van der Waals surface area contributed by atoms with E-state index in [2.05, 4.69) is 30.0 Å². The van der Waals surface area contributed by atoms with Gasteiger partial charge >= 0.3 is 0 Å². The smallest absolute Gasteiger partial charge is 0.261 e. The molecule has 0 unspecified atom stereocenters. The van der Waals surface area contributed by atoms with E-state index >= 15 is 0 Å². The van der Waals surface area contributed by atoms with Crippen molar-refractivity contribution >= 4 is 33.2 Å². The van der Waals surface area contributed by atoms with E-state index in [4.69, 9.17) is 0 Å². The zero-order chi connectivity index (χ0) is 24.3. The van der Waals surface area contributed by atoms with Gasteiger partial charge in [0.2, 0.25) is 5.95 Å². The second-order valence-electron chi connectivity index (χ2n) is 8.49. The van der Waals surface area contributed by atoms with E-state index in [-0.39, 0.29) is 4.90 Å². The van der Waals surface area contributed by atoms with Gasteiger partial charge in [-0.2, -0.15) is 10.1 Å². The summed E-state index contributed by atoms with van der Waals surface area (Å²) in [7, 11) is -3.72. The lowest BCUT2D eigenvalue weighted by Crippen LogP contribution is -2.31. The first-order chi connectivity index (χ1) is 17.0. The lowest BCUT2D eigenvalue weighted by molar-refractivity contribution is 0.568. The number of benzene rings is 2. The van der Waals surface area contributed by atoms with Gasteiger partial charge in [0, 0.05) is 48.6 Å². The number of nitrogens with zero attached hydrogens (tertiary/aromatic N) is 5. The average Bonchev–Trinajstić information content (AvgIpc) is 3.41. The van der Waals surface area contributed by atoms with E-state index < -0.39 is 10.0 Å². The van der Waals surface area contributed by atoms with Crippen LogP contribution in [0.15, 0.2) is 78.0 Å². The van der Waals surface area contributed by atoms with Crippen molar-refractivity contribution in [3.05, 3.63) is 78.8 Å². The molecule has 180 valence electrons. The summed E-state index contributed by atoms with van der Waals surface area (Å²) in [5, 5.41) is 7.46. The van der Waals surface area contributed by atoms with Crippen molar-refractivity contribution in [1.29, 1.82) is 0 Å². The van der Waals surface area contributed by atoms with Crippen LogP contribution in [0.25, 0.3) is 5.69 Å². The first-order valence-electron chi connectivity index (χ1n) is 11.6. The van der Waals surface area contributed by atoms with Crippen molar-refractivity contribution in [2.75, 3.05) is 28.0 Å². The minimum Gasteiger partial charge on any atom is -0.341 e. The molecule has 1 saturated heterocycles. The molecule has 3 heterocycles. The van der Waals surface area contributed by atoms with E-state index in [0.717, 1.165) is 48.9 Å². The van der Waals surface area contributed by atoms with Crippen LogP contribution in [-0.4, -0.2) is 41.3 Å². The molecule has 0 saturated carbocycles. The van der Waals surface area contributed by atoms with Crippen LogP contribution in [0.2, 0.25) is 0 Å². The van der Waals surface area contributed by atoms with E-state index in [9.17, 15) is 8.42 Å². The molecule has 0 atom stereocenters. The molecule has 4 aromatic rings. The van der Waals surface area contributed by atoms with Crippen LogP contribution < -0.4 is 14.9 Å². The summed E-state index contributed by atoms with van der Waals surface area (Å²) in [6, 6.07) is 17.3. The number of sulfonamides is 1. The maximum absolute atomic E-state index is 12.8. The van der Waals surface area contributed by atoms with Crippen LogP contribution in [-0.2, 0) is 10.0 Å². The summed E-state index contributed by atoms with van der Waals surface area (Å²) in [6.07, 6.45) is 7.04. The second kappa shape index (κ2) is 9.75. The number of aromatic nitrogens is 4. The van der Waals surface area contributed by atoms with Crippen molar-refractivity contribution in [3.63, 3.8) is 0 Å². The maximum Gasteiger partial charge on any atom is 0.261 e. The van der Waals surface area contributed by atoms with E-state index in [1.54, 1.807) is 53.5 Å². The summed E-state index contributed by atoms with van der Waals surface area (Å²) in [4.78, 5) is 11.7. The Morgan fingerprint density at radius 2 is 1.60 bits per heavy atom. The number of piperidine rings is 1. The summed E-state index contributed by atoms with van der Waals surface area (Å²) in [6.45, 7) is 3.91. The third kappa shape index (κ3) is 5.43. The van der Waals surface area contributed by atoms with Crippen LogP contribution in [0, 0.1) is 6.92 Å². The number of nitrogens with one attached hydrogen (secondary N) is 2. The van der Waals surface area contributed by atoms with Gasteiger partial charge in [-0.15, -0.1) is 0 Å². The van der Waals surface area contributed by atoms with Crippen LogP contribution >= 0.6 is 0 Å². The SMILES string of the molecule is Cc1cc(Nc2ccc(NS(=O)(=O)c3ccc(-n4cccn4)cc3)cc2)nc(N2CCCCC2)n1. The molecule has 9 nitrogen and oxygen atoms in total. The number of rotatable bonds is 7. The van der Waals surface area contributed by atoms with Gasteiger partial charge in [0.15, 0.2) is 0 Å². The summed E-state index contributed by atoms with van der Waals surface area (Å²) < 4.78 is 30.0. The number of hydrogen-bond donors (Lipinski definition) is 2. The Hall–Kier alpha value is -3.92. The molecule has 0 amide bonds. The highest BCUT2D eigenvalue weighted by Gasteiger charge is 2.16. The second-order valence-corrected chi connectivity index (χ2v) is 10.2. The Balaban J connectivity index is 1.26.